The Morgan fingerprint density at radius 1 is 1.26 bits per heavy atom. The van der Waals surface area contributed by atoms with Crippen LogP contribution < -0.4 is 11.1 Å². The number of carbonyl (C=O) groups is 1. The maximum absolute atomic E-state index is 11.9. The Balaban J connectivity index is 1.52. The molecule has 19 heavy (non-hydrogen) atoms. The zero-order valence-electron chi connectivity index (χ0n) is 12.1. The molecule has 0 aliphatic heterocycles. The third-order valence-electron chi connectivity index (χ3n) is 4.43. The molecular weight excluding hydrogens is 240 g/mol. The van der Waals surface area contributed by atoms with Gasteiger partial charge in [0.1, 0.15) is 0 Å². The second-order valence-corrected chi connectivity index (χ2v) is 6.30. The normalized spacial score (nSPS) is 23.9. The molecule has 0 saturated heterocycles. The number of ether oxygens (including phenoxy) is 1. The van der Waals surface area contributed by atoms with Crippen molar-refractivity contribution in [1.29, 1.82) is 0 Å². The molecule has 0 aromatic heterocycles. The molecule has 0 aromatic carbocycles. The summed E-state index contributed by atoms with van der Waals surface area (Å²) in [5, 5.41) is 2.94. The highest BCUT2D eigenvalue weighted by atomic mass is 16.5. The van der Waals surface area contributed by atoms with E-state index in [0.717, 1.165) is 25.9 Å². The van der Waals surface area contributed by atoms with Gasteiger partial charge in [-0.25, -0.2) is 0 Å². The van der Waals surface area contributed by atoms with E-state index in [2.05, 4.69) is 5.32 Å². The van der Waals surface area contributed by atoms with Crippen molar-refractivity contribution in [3.8, 4) is 0 Å². The standard InChI is InChI=1S/C15H28N2O2/c1-15(16,12-8-9-12)14(18)17-10-5-11-19-13-6-3-2-4-7-13/h12-13H,2-11,16H2,1H3,(H,17,18). The first-order valence-corrected chi connectivity index (χ1v) is 7.79. The molecule has 0 bridgehead atoms. The van der Waals surface area contributed by atoms with Gasteiger partial charge < -0.3 is 15.8 Å². The topological polar surface area (TPSA) is 64.4 Å². The summed E-state index contributed by atoms with van der Waals surface area (Å²) in [4.78, 5) is 11.9. The summed E-state index contributed by atoms with van der Waals surface area (Å²) in [7, 11) is 0. The molecule has 110 valence electrons. The minimum Gasteiger partial charge on any atom is -0.378 e. The Morgan fingerprint density at radius 3 is 2.58 bits per heavy atom. The first-order chi connectivity index (χ1) is 9.10. The molecule has 0 heterocycles. The molecule has 1 amide bonds. The zero-order valence-corrected chi connectivity index (χ0v) is 12.1. The molecule has 4 heteroatoms. The van der Waals surface area contributed by atoms with Crippen molar-refractivity contribution in [2.75, 3.05) is 13.2 Å². The number of nitrogens with two attached hydrogens (primary N) is 1. The van der Waals surface area contributed by atoms with Gasteiger partial charge in [0, 0.05) is 13.2 Å². The van der Waals surface area contributed by atoms with Crippen LogP contribution in [0.15, 0.2) is 0 Å². The van der Waals surface area contributed by atoms with Crippen molar-refractivity contribution in [2.45, 2.75) is 69.9 Å². The molecule has 3 N–H and O–H groups in total. The van der Waals surface area contributed by atoms with Gasteiger partial charge in [0.25, 0.3) is 0 Å². The van der Waals surface area contributed by atoms with E-state index in [1.165, 1.54) is 32.1 Å². The van der Waals surface area contributed by atoms with Gasteiger partial charge in [-0.3, -0.25) is 4.79 Å². The average Bonchev–Trinajstić information content (AvgIpc) is 3.24. The monoisotopic (exact) mass is 268 g/mol. The highest BCUT2D eigenvalue weighted by Gasteiger charge is 2.43. The predicted octanol–water partition coefficient (Wildman–Crippen LogP) is 1.97. The Morgan fingerprint density at radius 2 is 1.95 bits per heavy atom. The summed E-state index contributed by atoms with van der Waals surface area (Å²) in [6, 6.07) is 0. The fraction of sp³-hybridized carbons (Fsp3) is 0.933. The summed E-state index contributed by atoms with van der Waals surface area (Å²) in [5.74, 6) is 0.374. The molecule has 2 aliphatic rings. The van der Waals surface area contributed by atoms with Crippen LogP contribution in [0.5, 0.6) is 0 Å². The zero-order chi connectivity index (χ0) is 13.7. The lowest BCUT2D eigenvalue weighted by Gasteiger charge is -2.24. The molecule has 2 fully saturated rings. The highest BCUT2D eigenvalue weighted by Crippen LogP contribution is 2.38. The molecule has 0 radical (unpaired) electrons. The third-order valence-corrected chi connectivity index (χ3v) is 4.43. The number of hydrogen-bond donors (Lipinski definition) is 2. The fourth-order valence-electron chi connectivity index (χ4n) is 2.81. The summed E-state index contributed by atoms with van der Waals surface area (Å²) in [6.07, 6.45) is 9.87. The highest BCUT2D eigenvalue weighted by molar-refractivity contribution is 5.86. The van der Waals surface area contributed by atoms with E-state index in [1.54, 1.807) is 0 Å². The van der Waals surface area contributed by atoms with Crippen LogP contribution in [0, 0.1) is 5.92 Å². The Hall–Kier alpha value is -0.610. The molecule has 0 aromatic rings. The number of hydrogen-bond acceptors (Lipinski definition) is 3. The minimum atomic E-state index is -0.676. The lowest BCUT2D eigenvalue weighted by atomic mass is 9.96. The van der Waals surface area contributed by atoms with Gasteiger partial charge >= 0.3 is 0 Å². The van der Waals surface area contributed by atoms with E-state index in [4.69, 9.17) is 10.5 Å². The van der Waals surface area contributed by atoms with Crippen LogP contribution >= 0.6 is 0 Å². The largest absolute Gasteiger partial charge is 0.378 e. The second kappa shape index (κ2) is 6.71. The van der Waals surface area contributed by atoms with Crippen molar-refractivity contribution in [1.82, 2.24) is 5.32 Å². The predicted molar refractivity (Wildman–Crippen MR) is 75.8 cm³/mol. The van der Waals surface area contributed by atoms with Crippen molar-refractivity contribution < 1.29 is 9.53 Å². The molecule has 4 nitrogen and oxygen atoms in total. The van der Waals surface area contributed by atoms with Crippen molar-refractivity contribution in [3.05, 3.63) is 0 Å². The van der Waals surface area contributed by atoms with E-state index in [1.807, 2.05) is 6.92 Å². The van der Waals surface area contributed by atoms with Crippen LogP contribution in [0.4, 0.5) is 0 Å². The van der Waals surface area contributed by atoms with Crippen LogP contribution in [0.1, 0.15) is 58.3 Å². The molecular formula is C15H28N2O2. The lowest BCUT2D eigenvalue weighted by molar-refractivity contribution is -0.126. The van der Waals surface area contributed by atoms with Gasteiger partial charge in [-0.1, -0.05) is 19.3 Å². The SMILES string of the molecule is CC(N)(C(=O)NCCCOC1CCCCC1)C1CC1. The Kier molecular flexibility index (Phi) is 5.22. The first kappa shape index (κ1) is 14.8. The molecule has 1 atom stereocenters. The quantitative estimate of drug-likeness (QED) is 0.694. The molecule has 2 saturated carbocycles. The summed E-state index contributed by atoms with van der Waals surface area (Å²) in [6.45, 7) is 3.26. The van der Waals surface area contributed by atoms with Crippen LogP contribution in [0.2, 0.25) is 0 Å². The summed E-state index contributed by atoms with van der Waals surface area (Å²) in [5.41, 5.74) is 5.38. The summed E-state index contributed by atoms with van der Waals surface area (Å²) >= 11 is 0. The molecule has 0 spiro atoms. The average molecular weight is 268 g/mol. The van der Waals surface area contributed by atoms with E-state index >= 15 is 0 Å². The van der Waals surface area contributed by atoms with Gasteiger partial charge in [-0.15, -0.1) is 0 Å². The maximum atomic E-state index is 11.9. The molecule has 2 aliphatic carbocycles. The number of nitrogens with one attached hydrogen (secondary N) is 1. The smallest absolute Gasteiger partial charge is 0.240 e. The number of rotatable bonds is 7. The second-order valence-electron chi connectivity index (χ2n) is 6.30. The third kappa shape index (κ3) is 4.46. The van der Waals surface area contributed by atoms with Gasteiger partial charge in [-0.2, -0.15) is 0 Å². The van der Waals surface area contributed by atoms with Crippen molar-refractivity contribution in [3.63, 3.8) is 0 Å². The molecule has 1 unspecified atom stereocenters. The van der Waals surface area contributed by atoms with Gasteiger partial charge in [-0.05, 0) is 44.9 Å². The van der Waals surface area contributed by atoms with Crippen LogP contribution in [-0.2, 0) is 9.53 Å². The van der Waals surface area contributed by atoms with Crippen molar-refractivity contribution >= 4 is 5.91 Å². The van der Waals surface area contributed by atoms with Gasteiger partial charge in [0.15, 0.2) is 0 Å². The summed E-state index contributed by atoms with van der Waals surface area (Å²) < 4.78 is 5.83. The van der Waals surface area contributed by atoms with E-state index in [-0.39, 0.29) is 5.91 Å². The first-order valence-electron chi connectivity index (χ1n) is 7.79. The van der Waals surface area contributed by atoms with E-state index < -0.39 is 5.54 Å². The van der Waals surface area contributed by atoms with Crippen LogP contribution in [0.3, 0.4) is 0 Å². The van der Waals surface area contributed by atoms with Gasteiger partial charge in [0.05, 0.1) is 11.6 Å². The van der Waals surface area contributed by atoms with Crippen molar-refractivity contribution in [2.24, 2.45) is 11.7 Å². The fourth-order valence-corrected chi connectivity index (χ4v) is 2.81. The number of carbonyl (C=O) groups excluding carboxylic acids is 1. The minimum absolute atomic E-state index is 0.00679. The lowest BCUT2D eigenvalue weighted by Crippen LogP contribution is -2.53. The van der Waals surface area contributed by atoms with E-state index in [0.29, 0.717) is 18.6 Å². The maximum Gasteiger partial charge on any atom is 0.240 e. The van der Waals surface area contributed by atoms with Gasteiger partial charge in [0.2, 0.25) is 5.91 Å². The van der Waals surface area contributed by atoms with Crippen LogP contribution in [0.25, 0.3) is 0 Å². The van der Waals surface area contributed by atoms with E-state index in [9.17, 15) is 4.79 Å². The molecule has 2 rings (SSSR count). The Bertz CT molecular complexity index is 295. The number of amides is 1. The Labute approximate surface area is 116 Å². The van der Waals surface area contributed by atoms with Crippen LogP contribution in [-0.4, -0.2) is 30.7 Å².